The third kappa shape index (κ3) is 2.98. The highest BCUT2D eigenvalue weighted by Gasteiger charge is 2.24. The van der Waals surface area contributed by atoms with Crippen LogP contribution in [0.25, 0.3) is 10.2 Å². The van der Waals surface area contributed by atoms with Gasteiger partial charge in [-0.25, -0.2) is 9.97 Å². The Morgan fingerprint density at radius 2 is 2.09 bits per heavy atom. The standard InChI is InChI=1S/C15H20N4OS2/c1-9-10(2)21-13-12(9)14(18-8-17-13)22-11(3)15(20)19-6-4-16-5-7-19/h8,11,16H,4-7H2,1-3H3. The summed E-state index contributed by atoms with van der Waals surface area (Å²) in [6.45, 7) is 9.51. The molecular weight excluding hydrogens is 316 g/mol. The number of hydrogen-bond acceptors (Lipinski definition) is 6. The maximum atomic E-state index is 12.6. The Labute approximate surface area is 138 Å². The number of fused-ring (bicyclic) bond motifs is 1. The number of thiophene rings is 1. The first-order chi connectivity index (χ1) is 10.6. The van der Waals surface area contributed by atoms with E-state index in [0.717, 1.165) is 41.4 Å². The van der Waals surface area contributed by atoms with E-state index in [1.165, 1.54) is 10.4 Å². The largest absolute Gasteiger partial charge is 0.339 e. The highest BCUT2D eigenvalue weighted by Crippen LogP contribution is 2.36. The number of hydrogen-bond donors (Lipinski definition) is 1. The number of nitrogens with one attached hydrogen (secondary N) is 1. The average Bonchev–Trinajstić information content (AvgIpc) is 2.83. The van der Waals surface area contributed by atoms with Crippen molar-refractivity contribution in [2.45, 2.75) is 31.0 Å². The minimum atomic E-state index is -0.129. The lowest BCUT2D eigenvalue weighted by Gasteiger charge is -2.29. The first-order valence-electron chi connectivity index (χ1n) is 7.45. The molecule has 0 spiro atoms. The van der Waals surface area contributed by atoms with E-state index in [-0.39, 0.29) is 11.2 Å². The van der Waals surface area contributed by atoms with Crippen LogP contribution in [0.5, 0.6) is 0 Å². The molecule has 2 aromatic heterocycles. The molecule has 2 aromatic rings. The molecule has 1 unspecified atom stereocenters. The van der Waals surface area contributed by atoms with Crippen molar-refractivity contribution in [3.63, 3.8) is 0 Å². The van der Waals surface area contributed by atoms with Gasteiger partial charge in [0.05, 0.1) is 5.25 Å². The van der Waals surface area contributed by atoms with Gasteiger partial charge >= 0.3 is 0 Å². The summed E-state index contributed by atoms with van der Waals surface area (Å²) in [5.41, 5.74) is 1.23. The van der Waals surface area contributed by atoms with Gasteiger partial charge in [-0.05, 0) is 26.3 Å². The number of aromatic nitrogens is 2. The predicted molar refractivity (Wildman–Crippen MR) is 91.7 cm³/mol. The lowest BCUT2D eigenvalue weighted by atomic mass is 10.2. The fourth-order valence-corrected chi connectivity index (χ4v) is 4.72. The summed E-state index contributed by atoms with van der Waals surface area (Å²) in [4.78, 5) is 25.6. The average molecular weight is 336 g/mol. The van der Waals surface area contributed by atoms with E-state index in [9.17, 15) is 4.79 Å². The van der Waals surface area contributed by atoms with Crippen molar-refractivity contribution in [1.82, 2.24) is 20.2 Å². The second-order valence-electron chi connectivity index (χ2n) is 5.48. The van der Waals surface area contributed by atoms with Gasteiger partial charge in [0, 0.05) is 36.4 Å². The molecule has 1 atom stereocenters. The SMILES string of the molecule is Cc1sc2ncnc(SC(C)C(=O)N3CCNCC3)c2c1C. The van der Waals surface area contributed by atoms with Gasteiger partial charge in [-0.2, -0.15) is 0 Å². The summed E-state index contributed by atoms with van der Waals surface area (Å²) in [6.07, 6.45) is 1.60. The third-order valence-electron chi connectivity index (χ3n) is 4.00. The molecule has 3 rings (SSSR count). The van der Waals surface area contributed by atoms with Crippen molar-refractivity contribution in [2.24, 2.45) is 0 Å². The topological polar surface area (TPSA) is 58.1 Å². The van der Waals surface area contributed by atoms with E-state index >= 15 is 0 Å². The van der Waals surface area contributed by atoms with Crippen LogP contribution in [0, 0.1) is 13.8 Å². The van der Waals surface area contributed by atoms with E-state index in [1.807, 2.05) is 11.8 Å². The second-order valence-corrected chi connectivity index (χ2v) is 8.01. The minimum Gasteiger partial charge on any atom is -0.339 e. The Balaban J connectivity index is 1.81. The zero-order valence-electron chi connectivity index (χ0n) is 13.0. The Morgan fingerprint density at radius 1 is 1.36 bits per heavy atom. The molecule has 1 saturated heterocycles. The fraction of sp³-hybridized carbons (Fsp3) is 0.533. The number of carbonyl (C=O) groups is 1. The van der Waals surface area contributed by atoms with E-state index < -0.39 is 0 Å². The van der Waals surface area contributed by atoms with Crippen molar-refractivity contribution in [3.8, 4) is 0 Å². The molecule has 0 aromatic carbocycles. The fourth-order valence-electron chi connectivity index (χ4n) is 2.60. The lowest BCUT2D eigenvalue weighted by molar-refractivity contribution is -0.130. The summed E-state index contributed by atoms with van der Waals surface area (Å²) in [6, 6.07) is 0. The molecular formula is C15H20N4OS2. The van der Waals surface area contributed by atoms with Gasteiger partial charge in [-0.15, -0.1) is 11.3 Å². The number of thioether (sulfide) groups is 1. The maximum Gasteiger partial charge on any atom is 0.235 e. The Bertz CT molecular complexity index is 694. The molecule has 1 N–H and O–H groups in total. The molecule has 3 heterocycles. The molecule has 22 heavy (non-hydrogen) atoms. The van der Waals surface area contributed by atoms with Crippen molar-refractivity contribution < 1.29 is 4.79 Å². The van der Waals surface area contributed by atoms with Crippen molar-refractivity contribution in [2.75, 3.05) is 26.2 Å². The van der Waals surface area contributed by atoms with Crippen LogP contribution in [-0.2, 0) is 4.79 Å². The molecule has 0 bridgehead atoms. The van der Waals surface area contributed by atoms with Crippen LogP contribution in [0.1, 0.15) is 17.4 Å². The molecule has 1 aliphatic heterocycles. The van der Waals surface area contributed by atoms with E-state index in [0.29, 0.717) is 0 Å². The molecule has 7 heteroatoms. The molecule has 1 amide bonds. The Morgan fingerprint density at radius 3 is 2.82 bits per heavy atom. The van der Waals surface area contributed by atoms with Gasteiger partial charge in [0.15, 0.2) is 0 Å². The van der Waals surface area contributed by atoms with E-state index in [2.05, 4.69) is 29.1 Å². The van der Waals surface area contributed by atoms with Crippen molar-refractivity contribution in [3.05, 3.63) is 16.8 Å². The molecule has 118 valence electrons. The van der Waals surface area contributed by atoms with Gasteiger partial charge in [0.1, 0.15) is 16.2 Å². The van der Waals surface area contributed by atoms with Crippen molar-refractivity contribution >= 4 is 39.2 Å². The summed E-state index contributed by atoms with van der Waals surface area (Å²) < 4.78 is 0. The molecule has 5 nitrogen and oxygen atoms in total. The molecule has 1 fully saturated rings. The highest BCUT2D eigenvalue weighted by atomic mass is 32.2. The van der Waals surface area contributed by atoms with E-state index in [4.69, 9.17) is 0 Å². The second kappa shape index (κ2) is 6.52. The van der Waals surface area contributed by atoms with E-state index in [1.54, 1.807) is 29.4 Å². The quantitative estimate of drug-likeness (QED) is 0.688. The minimum absolute atomic E-state index is 0.129. The number of rotatable bonds is 3. The lowest BCUT2D eigenvalue weighted by Crippen LogP contribution is -2.48. The van der Waals surface area contributed by atoms with Crippen LogP contribution < -0.4 is 5.32 Å². The number of carbonyl (C=O) groups excluding carboxylic acids is 1. The van der Waals surface area contributed by atoms with Gasteiger partial charge < -0.3 is 10.2 Å². The Hall–Kier alpha value is -1.18. The van der Waals surface area contributed by atoms with Crippen molar-refractivity contribution in [1.29, 1.82) is 0 Å². The van der Waals surface area contributed by atoms with Crippen LogP contribution in [0.4, 0.5) is 0 Å². The van der Waals surface area contributed by atoms with Crippen LogP contribution in [0.3, 0.4) is 0 Å². The number of nitrogens with zero attached hydrogens (tertiary/aromatic N) is 3. The summed E-state index contributed by atoms with van der Waals surface area (Å²) in [7, 11) is 0. The third-order valence-corrected chi connectivity index (χ3v) is 6.20. The summed E-state index contributed by atoms with van der Waals surface area (Å²) in [5.74, 6) is 0.197. The van der Waals surface area contributed by atoms with Crippen LogP contribution in [0.15, 0.2) is 11.4 Å². The maximum absolute atomic E-state index is 12.6. The molecule has 0 aliphatic carbocycles. The van der Waals surface area contributed by atoms with Crippen LogP contribution >= 0.6 is 23.1 Å². The number of aryl methyl sites for hydroxylation is 2. The summed E-state index contributed by atoms with van der Waals surface area (Å²) in [5, 5.41) is 5.17. The number of amides is 1. The first-order valence-corrected chi connectivity index (χ1v) is 9.14. The van der Waals surface area contributed by atoms with Gasteiger partial charge in [0.25, 0.3) is 0 Å². The molecule has 0 saturated carbocycles. The number of piperazine rings is 1. The smallest absolute Gasteiger partial charge is 0.235 e. The molecule has 1 aliphatic rings. The normalized spacial score (nSPS) is 17.0. The Kier molecular flexibility index (Phi) is 4.65. The van der Waals surface area contributed by atoms with Gasteiger partial charge in [0.2, 0.25) is 5.91 Å². The van der Waals surface area contributed by atoms with Crippen LogP contribution in [0.2, 0.25) is 0 Å². The monoisotopic (exact) mass is 336 g/mol. The molecule has 0 radical (unpaired) electrons. The predicted octanol–water partition coefficient (Wildman–Crippen LogP) is 2.22. The van der Waals surface area contributed by atoms with Gasteiger partial charge in [-0.3, -0.25) is 4.79 Å². The zero-order chi connectivity index (χ0) is 15.7. The zero-order valence-corrected chi connectivity index (χ0v) is 14.7. The first kappa shape index (κ1) is 15.7. The van der Waals surface area contributed by atoms with Gasteiger partial charge in [-0.1, -0.05) is 11.8 Å². The summed E-state index contributed by atoms with van der Waals surface area (Å²) >= 11 is 3.23. The highest BCUT2D eigenvalue weighted by molar-refractivity contribution is 8.00. The van der Waals surface area contributed by atoms with Crippen LogP contribution in [-0.4, -0.2) is 52.2 Å².